The van der Waals surface area contributed by atoms with Crippen LogP contribution in [0.1, 0.15) is 94.0 Å². The molecule has 3 heterocycles. The van der Waals surface area contributed by atoms with Gasteiger partial charge in [-0.2, -0.15) is 4.31 Å². The molecule has 4 rings (SSSR count). The second-order valence-corrected chi connectivity index (χ2v) is 12.1. The fourth-order valence-corrected chi connectivity index (χ4v) is 7.05. The molecular weight excluding hydrogens is 452 g/mol. The summed E-state index contributed by atoms with van der Waals surface area (Å²) in [6.07, 6.45) is 15.0. The van der Waals surface area contributed by atoms with E-state index in [1.807, 2.05) is 4.90 Å². The average molecular weight is 493 g/mol. The standard InChI is InChI=1S/C25H40N4O4S/c30-24(27-21-12-6-2-1-3-7-13-21)20-11-10-16-29(19-20)34(32,33)22-17-23(26-18-22)25(31)28-14-8-4-5-9-15-28/h17-18,20-21,26H,1-16,19H2,(H,27,30)/t20-/m0/s1. The normalized spacial score (nSPS) is 24.1. The fourth-order valence-electron chi connectivity index (χ4n) is 5.53. The molecule has 9 heteroatoms. The summed E-state index contributed by atoms with van der Waals surface area (Å²) in [5.41, 5.74) is 0.316. The second kappa shape index (κ2) is 11.7. The van der Waals surface area contributed by atoms with Gasteiger partial charge >= 0.3 is 0 Å². The van der Waals surface area contributed by atoms with Crippen molar-refractivity contribution in [2.45, 2.75) is 94.4 Å². The third kappa shape index (κ3) is 6.22. The lowest BCUT2D eigenvalue weighted by atomic mass is 9.94. The molecule has 2 amide bonds. The number of likely N-dealkylation sites (tertiary alicyclic amines) is 1. The number of amides is 2. The van der Waals surface area contributed by atoms with Crippen LogP contribution in [0, 0.1) is 5.92 Å². The van der Waals surface area contributed by atoms with Crippen molar-refractivity contribution < 1.29 is 18.0 Å². The molecule has 2 saturated heterocycles. The molecule has 0 bridgehead atoms. The van der Waals surface area contributed by atoms with Gasteiger partial charge in [0.2, 0.25) is 15.9 Å². The number of aromatic amines is 1. The van der Waals surface area contributed by atoms with Gasteiger partial charge < -0.3 is 15.2 Å². The SMILES string of the molecule is O=C(NC1CCCCCCC1)[C@H]1CCCN(S(=O)(=O)c2c[nH]c(C(=O)N3CCCCCC3)c2)C1. The van der Waals surface area contributed by atoms with E-state index in [1.54, 1.807) is 0 Å². The van der Waals surface area contributed by atoms with Gasteiger partial charge in [0.25, 0.3) is 5.91 Å². The van der Waals surface area contributed by atoms with Crippen molar-refractivity contribution in [3.05, 3.63) is 18.0 Å². The first kappa shape index (κ1) is 25.2. The van der Waals surface area contributed by atoms with Crippen LogP contribution in [0.25, 0.3) is 0 Å². The highest BCUT2D eigenvalue weighted by Gasteiger charge is 2.35. The molecule has 1 aromatic rings. The summed E-state index contributed by atoms with van der Waals surface area (Å²) in [4.78, 5) is 30.7. The van der Waals surface area contributed by atoms with E-state index in [4.69, 9.17) is 0 Å². The number of piperidine rings is 1. The van der Waals surface area contributed by atoms with Crippen LogP contribution < -0.4 is 5.32 Å². The molecule has 190 valence electrons. The fraction of sp³-hybridized carbons (Fsp3) is 0.760. The van der Waals surface area contributed by atoms with Crippen LogP contribution in [0.3, 0.4) is 0 Å². The Labute approximate surface area is 203 Å². The van der Waals surface area contributed by atoms with E-state index in [2.05, 4.69) is 10.3 Å². The molecule has 0 aromatic carbocycles. The minimum Gasteiger partial charge on any atom is -0.356 e. The molecule has 8 nitrogen and oxygen atoms in total. The highest BCUT2D eigenvalue weighted by molar-refractivity contribution is 7.89. The Balaban J connectivity index is 1.38. The van der Waals surface area contributed by atoms with Gasteiger partial charge in [0.05, 0.1) is 5.92 Å². The summed E-state index contributed by atoms with van der Waals surface area (Å²) in [6, 6.07) is 1.66. The zero-order valence-corrected chi connectivity index (χ0v) is 21.1. The largest absolute Gasteiger partial charge is 0.356 e. The van der Waals surface area contributed by atoms with Gasteiger partial charge in [0.1, 0.15) is 10.6 Å². The molecule has 34 heavy (non-hydrogen) atoms. The maximum atomic E-state index is 13.3. The molecule has 1 atom stereocenters. The zero-order valence-electron chi connectivity index (χ0n) is 20.3. The van der Waals surface area contributed by atoms with Gasteiger partial charge in [-0.3, -0.25) is 9.59 Å². The molecule has 1 aliphatic carbocycles. The number of aromatic nitrogens is 1. The van der Waals surface area contributed by atoms with E-state index in [1.165, 1.54) is 35.8 Å². The van der Waals surface area contributed by atoms with E-state index in [0.29, 0.717) is 38.2 Å². The van der Waals surface area contributed by atoms with Gasteiger partial charge in [-0.1, -0.05) is 44.9 Å². The number of nitrogens with zero attached hydrogens (tertiary/aromatic N) is 2. The van der Waals surface area contributed by atoms with E-state index in [0.717, 1.165) is 51.4 Å². The van der Waals surface area contributed by atoms with Gasteiger partial charge in [0.15, 0.2) is 0 Å². The highest BCUT2D eigenvalue weighted by atomic mass is 32.2. The van der Waals surface area contributed by atoms with Crippen LogP contribution in [0.4, 0.5) is 0 Å². The Morgan fingerprint density at radius 3 is 2.21 bits per heavy atom. The zero-order chi connectivity index (χ0) is 24.0. The van der Waals surface area contributed by atoms with Crippen molar-refractivity contribution >= 4 is 21.8 Å². The molecule has 0 radical (unpaired) electrons. The smallest absolute Gasteiger partial charge is 0.270 e. The number of carbonyl (C=O) groups is 2. The van der Waals surface area contributed by atoms with Crippen LogP contribution in [0.5, 0.6) is 0 Å². The second-order valence-electron chi connectivity index (χ2n) is 10.2. The first-order valence-corrected chi connectivity index (χ1v) is 14.7. The van der Waals surface area contributed by atoms with E-state index >= 15 is 0 Å². The topological polar surface area (TPSA) is 103 Å². The van der Waals surface area contributed by atoms with Crippen molar-refractivity contribution in [1.82, 2.24) is 19.5 Å². The third-order valence-electron chi connectivity index (χ3n) is 7.62. The number of hydrogen-bond donors (Lipinski definition) is 2. The van der Waals surface area contributed by atoms with E-state index in [-0.39, 0.29) is 35.2 Å². The summed E-state index contributed by atoms with van der Waals surface area (Å²) in [7, 11) is -3.77. The Morgan fingerprint density at radius 2 is 1.50 bits per heavy atom. The van der Waals surface area contributed by atoms with Gasteiger partial charge in [-0.05, 0) is 44.6 Å². The number of hydrogen-bond acceptors (Lipinski definition) is 4. The summed E-state index contributed by atoms with van der Waals surface area (Å²) >= 11 is 0. The molecule has 0 spiro atoms. The van der Waals surface area contributed by atoms with Crippen LogP contribution in [0.2, 0.25) is 0 Å². The lowest BCUT2D eigenvalue weighted by molar-refractivity contribution is -0.126. The molecule has 2 N–H and O–H groups in total. The predicted octanol–water partition coefficient (Wildman–Crippen LogP) is 3.66. The van der Waals surface area contributed by atoms with Crippen molar-refractivity contribution in [2.75, 3.05) is 26.2 Å². The summed E-state index contributed by atoms with van der Waals surface area (Å²) in [5, 5.41) is 3.21. The van der Waals surface area contributed by atoms with Gasteiger partial charge in [-0.15, -0.1) is 0 Å². The van der Waals surface area contributed by atoms with Crippen LogP contribution in [-0.4, -0.2) is 66.6 Å². The predicted molar refractivity (Wildman–Crippen MR) is 131 cm³/mol. The number of carbonyl (C=O) groups excluding carboxylic acids is 2. The van der Waals surface area contributed by atoms with Crippen LogP contribution in [0.15, 0.2) is 17.2 Å². The monoisotopic (exact) mass is 492 g/mol. The first-order chi connectivity index (χ1) is 16.4. The van der Waals surface area contributed by atoms with Crippen molar-refractivity contribution in [3.8, 4) is 0 Å². The maximum Gasteiger partial charge on any atom is 0.270 e. The molecule has 1 aromatic heterocycles. The summed E-state index contributed by atoms with van der Waals surface area (Å²) < 4.78 is 28.1. The van der Waals surface area contributed by atoms with Gasteiger partial charge in [0, 0.05) is 38.4 Å². The Morgan fingerprint density at radius 1 is 0.853 bits per heavy atom. The van der Waals surface area contributed by atoms with Gasteiger partial charge in [-0.25, -0.2) is 8.42 Å². The minimum absolute atomic E-state index is 0.0171. The number of H-pyrrole nitrogens is 1. The summed E-state index contributed by atoms with van der Waals surface area (Å²) in [5.74, 6) is -0.485. The van der Waals surface area contributed by atoms with Crippen molar-refractivity contribution in [1.29, 1.82) is 0 Å². The first-order valence-electron chi connectivity index (χ1n) is 13.2. The van der Waals surface area contributed by atoms with Crippen molar-refractivity contribution in [3.63, 3.8) is 0 Å². The van der Waals surface area contributed by atoms with Crippen LogP contribution in [-0.2, 0) is 14.8 Å². The number of rotatable bonds is 5. The molecular formula is C25H40N4O4S. The Hall–Kier alpha value is -1.87. The Kier molecular flexibility index (Phi) is 8.69. The minimum atomic E-state index is -3.77. The molecule has 0 unspecified atom stereocenters. The molecule has 2 aliphatic heterocycles. The van der Waals surface area contributed by atoms with Crippen molar-refractivity contribution in [2.24, 2.45) is 5.92 Å². The van der Waals surface area contributed by atoms with E-state index < -0.39 is 10.0 Å². The lowest BCUT2D eigenvalue weighted by Gasteiger charge is -2.32. The quantitative estimate of drug-likeness (QED) is 0.655. The van der Waals surface area contributed by atoms with Crippen LogP contribution >= 0.6 is 0 Å². The highest BCUT2D eigenvalue weighted by Crippen LogP contribution is 2.26. The average Bonchev–Trinajstić information content (AvgIpc) is 3.17. The molecule has 3 aliphatic rings. The molecule has 1 saturated carbocycles. The summed E-state index contributed by atoms with van der Waals surface area (Å²) in [6.45, 7) is 2.02. The Bertz CT molecular complexity index is 928. The number of sulfonamides is 1. The lowest BCUT2D eigenvalue weighted by Crippen LogP contribution is -2.47. The maximum absolute atomic E-state index is 13.3. The third-order valence-corrected chi connectivity index (χ3v) is 9.47. The van der Waals surface area contributed by atoms with E-state index in [9.17, 15) is 18.0 Å². The number of nitrogens with one attached hydrogen (secondary N) is 2. The molecule has 3 fully saturated rings.